The molecule has 0 spiro atoms. The second kappa shape index (κ2) is 5.95. The summed E-state index contributed by atoms with van der Waals surface area (Å²) in [5.74, 6) is -1.99. The molecule has 0 aliphatic carbocycles. The average Bonchev–Trinajstić information content (AvgIpc) is 2.44. The molecule has 0 aliphatic heterocycles. The second-order valence-electron chi connectivity index (χ2n) is 6.37. The molecule has 0 radical (unpaired) electrons. The van der Waals surface area contributed by atoms with Crippen molar-refractivity contribution in [1.82, 2.24) is 0 Å². The summed E-state index contributed by atoms with van der Waals surface area (Å²) in [5.41, 5.74) is 1.21. The van der Waals surface area contributed by atoms with E-state index in [1.165, 1.54) is 24.3 Å². The highest BCUT2D eigenvalue weighted by Gasteiger charge is 2.25. The van der Waals surface area contributed by atoms with Crippen LogP contribution < -0.4 is 0 Å². The average molecular weight is 306 g/mol. The van der Waals surface area contributed by atoms with Gasteiger partial charge in [-0.05, 0) is 53.1 Å². The van der Waals surface area contributed by atoms with E-state index in [0.717, 1.165) is 11.1 Å². The topological polar surface area (TPSA) is 40.5 Å². The van der Waals surface area contributed by atoms with Crippen molar-refractivity contribution in [1.29, 1.82) is 0 Å². The van der Waals surface area contributed by atoms with Crippen LogP contribution in [0.1, 0.15) is 44.2 Å². The first-order valence-corrected chi connectivity index (χ1v) is 7.18. The Morgan fingerprint density at radius 3 is 2.05 bits per heavy atom. The molecule has 2 nitrogen and oxygen atoms in total. The molecule has 0 aromatic heterocycles. The van der Waals surface area contributed by atoms with Crippen molar-refractivity contribution in [2.24, 2.45) is 0 Å². The van der Waals surface area contributed by atoms with Crippen molar-refractivity contribution in [2.75, 3.05) is 0 Å². The number of phenols is 2. The standard InChI is InChI=1S/C18H20F2O2/c1-11(12-4-6-16(21)14(19)8-12)10-18(2,3)13-5-7-17(22)15(20)9-13/h4-9,11,21-22H,10H2,1-3H3. The summed E-state index contributed by atoms with van der Waals surface area (Å²) in [4.78, 5) is 0. The molecule has 2 N–H and O–H groups in total. The third kappa shape index (κ3) is 3.38. The van der Waals surface area contributed by atoms with Gasteiger partial charge in [-0.25, -0.2) is 8.78 Å². The molecule has 0 bridgehead atoms. The number of halogens is 2. The van der Waals surface area contributed by atoms with Gasteiger partial charge in [-0.2, -0.15) is 0 Å². The second-order valence-corrected chi connectivity index (χ2v) is 6.37. The van der Waals surface area contributed by atoms with Crippen LogP contribution in [-0.2, 0) is 5.41 Å². The minimum Gasteiger partial charge on any atom is -0.505 e. The summed E-state index contributed by atoms with van der Waals surface area (Å²) in [6.45, 7) is 5.92. The highest BCUT2D eigenvalue weighted by atomic mass is 19.1. The monoisotopic (exact) mass is 306 g/mol. The number of phenolic OH excluding ortho intramolecular Hbond substituents is 2. The van der Waals surface area contributed by atoms with E-state index in [2.05, 4.69) is 0 Å². The quantitative estimate of drug-likeness (QED) is 0.848. The van der Waals surface area contributed by atoms with E-state index in [0.29, 0.717) is 6.42 Å². The van der Waals surface area contributed by atoms with Gasteiger partial charge < -0.3 is 10.2 Å². The lowest BCUT2D eigenvalue weighted by molar-refractivity contribution is 0.414. The molecule has 1 unspecified atom stereocenters. The van der Waals surface area contributed by atoms with Crippen LogP contribution in [0.5, 0.6) is 11.5 Å². The van der Waals surface area contributed by atoms with Gasteiger partial charge in [0.1, 0.15) is 0 Å². The summed E-state index contributed by atoms with van der Waals surface area (Å²) >= 11 is 0. The van der Waals surface area contributed by atoms with Crippen molar-refractivity contribution in [3.05, 3.63) is 59.2 Å². The molecular weight excluding hydrogens is 286 g/mol. The van der Waals surface area contributed by atoms with E-state index in [4.69, 9.17) is 0 Å². The lowest BCUT2D eigenvalue weighted by Gasteiger charge is -2.29. The maximum Gasteiger partial charge on any atom is 0.165 e. The SMILES string of the molecule is CC(CC(C)(C)c1ccc(O)c(F)c1)c1ccc(O)c(F)c1. The zero-order valence-electron chi connectivity index (χ0n) is 12.9. The van der Waals surface area contributed by atoms with Gasteiger partial charge in [0.25, 0.3) is 0 Å². The smallest absolute Gasteiger partial charge is 0.165 e. The van der Waals surface area contributed by atoms with Crippen LogP contribution in [0.15, 0.2) is 36.4 Å². The number of hydrogen-bond donors (Lipinski definition) is 2. The molecule has 1 atom stereocenters. The van der Waals surface area contributed by atoms with Crippen molar-refractivity contribution >= 4 is 0 Å². The van der Waals surface area contributed by atoms with Crippen LogP contribution in [0.4, 0.5) is 8.78 Å². The van der Waals surface area contributed by atoms with Crippen molar-refractivity contribution in [3.63, 3.8) is 0 Å². The van der Waals surface area contributed by atoms with E-state index in [9.17, 15) is 19.0 Å². The number of hydrogen-bond acceptors (Lipinski definition) is 2. The van der Waals surface area contributed by atoms with Crippen molar-refractivity contribution in [3.8, 4) is 11.5 Å². The number of aromatic hydroxyl groups is 2. The highest BCUT2D eigenvalue weighted by Crippen LogP contribution is 2.36. The zero-order chi connectivity index (χ0) is 16.5. The largest absolute Gasteiger partial charge is 0.505 e. The van der Waals surface area contributed by atoms with Gasteiger partial charge >= 0.3 is 0 Å². The Kier molecular flexibility index (Phi) is 4.40. The molecule has 0 saturated carbocycles. The third-order valence-electron chi connectivity index (χ3n) is 4.09. The first-order valence-electron chi connectivity index (χ1n) is 7.18. The molecule has 0 saturated heterocycles. The Hall–Kier alpha value is -2.10. The maximum atomic E-state index is 13.5. The normalized spacial score (nSPS) is 13.1. The molecule has 0 heterocycles. The van der Waals surface area contributed by atoms with Crippen LogP contribution in [0.2, 0.25) is 0 Å². The lowest BCUT2D eigenvalue weighted by Crippen LogP contribution is -2.20. The van der Waals surface area contributed by atoms with E-state index in [1.807, 2.05) is 20.8 Å². The molecule has 2 aromatic rings. The Bertz CT molecular complexity index is 681. The van der Waals surface area contributed by atoms with Crippen molar-refractivity contribution in [2.45, 2.75) is 38.5 Å². The van der Waals surface area contributed by atoms with Gasteiger partial charge in [0.15, 0.2) is 23.1 Å². The van der Waals surface area contributed by atoms with E-state index in [1.54, 1.807) is 12.1 Å². The lowest BCUT2D eigenvalue weighted by atomic mass is 9.76. The Morgan fingerprint density at radius 1 is 0.955 bits per heavy atom. The van der Waals surface area contributed by atoms with Crippen LogP contribution >= 0.6 is 0 Å². The maximum absolute atomic E-state index is 13.5. The van der Waals surface area contributed by atoms with E-state index in [-0.39, 0.29) is 22.8 Å². The van der Waals surface area contributed by atoms with Gasteiger partial charge in [-0.1, -0.05) is 32.9 Å². The Labute approximate surface area is 129 Å². The zero-order valence-corrected chi connectivity index (χ0v) is 12.9. The minimum absolute atomic E-state index is 0.0296. The molecular formula is C18H20F2O2. The number of rotatable bonds is 4. The highest BCUT2D eigenvalue weighted by molar-refractivity contribution is 5.34. The first kappa shape index (κ1) is 16.3. The van der Waals surface area contributed by atoms with Gasteiger partial charge in [0, 0.05) is 0 Å². The Balaban J connectivity index is 2.22. The summed E-state index contributed by atoms with van der Waals surface area (Å²) in [6, 6.07) is 8.73. The first-order chi connectivity index (χ1) is 10.2. The summed E-state index contributed by atoms with van der Waals surface area (Å²) < 4.78 is 27.0. The molecule has 0 amide bonds. The fourth-order valence-corrected chi connectivity index (χ4v) is 2.76. The molecule has 0 fully saturated rings. The van der Waals surface area contributed by atoms with Crippen LogP contribution in [-0.4, -0.2) is 10.2 Å². The predicted octanol–water partition coefficient (Wildman–Crippen LogP) is 4.85. The molecule has 118 valence electrons. The Morgan fingerprint density at radius 2 is 1.50 bits per heavy atom. The van der Waals surface area contributed by atoms with Crippen LogP contribution in [0.3, 0.4) is 0 Å². The van der Waals surface area contributed by atoms with E-state index >= 15 is 0 Å². The van der Waals surface area contributed by atoms with Gasteiger partial charge in [0.2, 0.25) is 0 Å². The summed E-state index contributed by atoms with van der Waals surface area (Å²) in [7, 11) is 0. The molecule has 0 aliphatic rings. The van der Waals surface area contributed by atoms with Crippen molar-refractivity contribution < 1.29 is 19.0 Å². The molecule has 2 aromatic carbocycles. The minimum atomic E-state index is -0.645. The van der Waals surface area contributed by atoms with Gasteiger partial charge in [0.05, 0.1) is 0 Å². The van der Waals surface area contributed by atoms with E-state index < -0.39 is 11.6 Å². The number of benzene rings is 2. The summed E-state index contributed by atoms with van der Waals surface area (Å²) in [5, 5.41) is 18.5. The fraction of sp³-hybridized carbons (Fsp3) is 0.333. The van der Waals surface area contributed by atoms with Gasteiger partial charge in [-0.15, -0.1) is 0 Å². The third-order valence-corrected chi connectivity index (χ3v) is 4.09. The van der Waals surface area contributed by atoms with Gasteiger partial charge in [-0.3, -0.25) is 0 Å². The molecule has 2 rings (SSSR count). The van der Waals surface area contributed by atoms with Crippen LogP contribution in [0, 0.1) is 11.6 Å². The molecule has 4 heteroatoms. The summed E-state index contributed by atoms with van der Waals surface area (Å²) in [6.07, 6.45) is 0.668. The molecule has 22 heavy (non-hydrogen) atoms. The predicted molar refractivity (Wildman–Crippen MR) is 82.2 cm³/mol. The fourth-order valence-electron chi connectivity index (χ4n) is 2.76. The van der Waals surface area contributed by atoms with Crippen LogP contribution in [0.25, 0.3) is 0 Å².